The van der Waals surface area contributed by atoms with Crippen molar-refractivity contribution >= 4 is 0 Å². The number of hydrogen-bond acceptors (Lipinski definition) is 3. The van der Waals surface area contributed by atoms with Gasteiger partial charge in [-0.2, -0.15) is 0 Å². The van der Waals surface area contributed by atoms with Crippen LogP contribution in [0.25, 0.3) is 0 Å². The van der Waals surface area contributed by atoms with Crippen LogP contribution in [-0.2, 0) is 13.0 Å². The fourth-order valence-corrected chi connectivity index (χ4v) is 1.98. The molecular weight excluding hydrogens is 224 g/mol. The van der Waals surface area contributed by atoms with E-state index in [4.69, 9.17) is 4.74 Å². The van der Waals surface area contributed by atoms with Crippen LogP contribution in [0.15, 0.2) is 42.7 Å². The van der Waals surface area contributed by atoms with Crippen molar-refractivity contribution in [3.05, 3.63) is 59.4 Å². The first-order chi connectivity index (χ1) is 8.83. The Balaban J connectivity index is 2.26. The summed E-state index contributed by atoms with van der Waals surface area (Å²) in [5, 5.41) is 3.19. The standard InChI is InChI=1S/C15H18N2O/c1-16-11-14-10-15(18-2)4-3-13(14)9-12-5-7-17-8-6-12/h3-8,10,16H,9,11H2,1-2H3. The largest absolute Gasteiger partial charge is 0.497 e. The van der Waals surface area contributed by atoms with Crippen molar-refractivity contribution < 1.29 is 4.74 Å². The fourth-order valence-electron chi connectivity index (χ4n) is 1.98. The van der Waals surface area contributed by atoms with Crippen molar-refractivity contribution in [3.8, 4) is 5.75 Å². The van der Waals surface area contributed by atoms with Crippen molar-refractivity contribution in [2.75, 3.05) is 14.2 Å². The molecule has 0 aliphatic carbocycles. The minimum absolute atomic E-state index is 0.845. The smallest absolute Gasteiger partial charge is 0.119 e. The molecule has 0 bridgehead atoms. The van der Waals surface area contributed by atoms with Gasteiger partial charge in [0.25, 0.3) is 0 Å². The second-order valence-corrected chi connectivity index (χ2v) is 4.20. The molecule has 18 heavy (non-hydrogen) atoms. The molecule has 0 spiro atoms. The van der Waals surface area contributed by atoms with Crippen LogP contribution in [0, 0.1) is 0 Å². The minimum atomic E-state index is 0.845. The van der Waals surface area contributed by atoms with Gasteiger partial charge in [0.1, 0.15) is 5.75 Å². The molecule has 1 aromatic carbocycles. The van der Waals surface area contributed by atoms with E-state index in [9.17, 15) is 0 Å². The van der Waals surface area contributed by atoms with E-state index in [0.717, 1.165) is 18.7 Å². The van der Waals surface area contributed by atoms with Gasteiger partial charge in [-0.15, -0.1) is 0 Å². The summed E-state index contributed by atoms with van der Waals surface area (Å²) in [4.78, 5) is 4.04. The average Bonchev–Trinajstić information content (AvgIpc) is 2.42. The first-order valence-corrected chi connectivity index (χ1v) is 6.03. The van der Waals surface area contributed by atoms with E-state index >= 15 is 0 Å². The second-order valence-electron chi connectivity index (χ2n) is 4.20. The summed E-state index contributed by atoms with van der Waals surface area (Å²) >= 11 is 0. The van der Waals surface area contributed by atoms with Gasteiger partial charge in [-0.3, -0.25) is 4.98 Å². The van der Waals surface area contributed by atoms with Crippen LogP contribution in [0.2, 0.25) is 0 Å². The fraction of sp³-hybridized carbons (Fsp3) is 0.267. The van der Waals surface area contributed by atoms with E-state index in [0.29, 0.717) is 0 Å². The number of rotatable bonds is 5. The lowest BCUT2D eigenvalue weighted by Crippen LogP contribution is -2.08. The van der Waals surface area contributed by atoms with Gasteiger partial charge in [0.15, 0.2) is 0 Å². The Bertz CT molecular complexity index is 497. The molecule has 0 unspecified atom stereocenters. The minimum Gasteiger partial charge on any atom is -0.497 e. The van der Waals surface area contributed by atoms with Crippen LogP contribution in [0.5, 0.6) is 5.75 Å². The highest BCUT2D eigenvalue weighted by Gasteiger charge is 2.05. The van der Waals surface area contributed by atoms with Gasteiger partial charge < -0.3 is 10.1 Å². The van der Waals surface area contributed by atoms with E-state index < -0.39 is 0 Å². The molecule has 0 saturated heterocycles. The summed E-state index contributed by atoms with van der Waals surface area (Å²) in [6.45, 7) is 0.845. The molecule has 3 nitrogen and oxygen atoms in total. The molecule has 1 heterocycles. The lowest BCUT2D eigenvalue weighted by Gasteiger charge is -2.11. The lowest BCUT2D eigenvalue weighted by molar-refractivity contribution is 0.414. The third-order valence-electron chi connectivity index (χ3n) is 2.92. The van der Waals surface area contributed by atoms with Crippen LogP contribution >= 0.6 is 0 Å². The SMILES string of the molecule is CNCc1cc(OC)ccc1Cc1ccncc1. The molecule has 0 amide bonds. The maximum atomic E-state index is 5.27. The first-order valence-electron chi connectivity index (χ1n) is 6.03. The molecule has 2 rings (SSSR count). The van der Waals surface area contributed by atoms with Gasteiger partial charge in [0, 0.05) is 18.9 Å². The summed E-state index contributed by atoms with van der Waals surface area (Å²) in [6, 6.07) is 10.3. The van der Waals surface area contributed by atoms with Crippen LogP contribution in [0.1, 0.15) is 16.7 Å². The van der Waals surface area contributed by atoms with Crippen LogP contribution < -0.4 is 10.1 Å². The van der Waals surface area contributed by atoms with Crippen LogP contribution in [-0.4, -0.2) is 19.1 Å². The zero-order valence-electron chi connectivity index (χ0n) is 10.8. The van der Waals surface area contributed by atoms with Crippen molar-refractivity contribution in [1.29, 1.82) is 0 Å². The highest BCUT2D eigenvalue weighted by atomic mass is 16.5. The number of pyridine rings is 1. The van der Waals surface area contributed by atoms with Gasteiger partial charge >= 0.3 is 0 Å². The van der Waals surface area contributed by atoms with Gasteiger partial charge in [-0.05, 0) is 54.4 Å². The molecule has 0 atom stereocenters. The molecule has 1 N–H and O–H groups in total. The van der Waals surface area contributed by atoms with E-state index in [1.54, 1.807) is 7.11 Å². The monoisotopic (exact) mass is 242 g/mol. The van der Waals surface area contributed by atoms with E-state index in [1.807, 2.05) is 37.6 Å². The van der Waals surface area contributed by atoms with E-state index in [1.165, 1.54) is 16.7 Å². The van der Waals surface area contributed by atoms with Crippen LogP contribution in [0.4, 0.5) is 0 Å². The molecule has 3 heteroatoms. The number of benzene rings is 1. The Kier molecular flexibility index (Phi) is 4.31. The molecule has 2 aromatic rings. The first kappa shape index (κ1) is 12.6. The van der Waals surface area contributed by atoms with Crippen molar-refractivity contribution in [2.45, 2.75) is 13.0 Å². The summed E-state index contributed by atoms with van der Waals surface area (Å²) in [7, 11) is 3.65. The molecule has 1 aromatic heterocycles. The van der Waals surface area contributed by atoms with Crippen LogP contribution in [0.3, 0.4) is 0 Å². The van der Waals surface area contributed by atoms with E-state index in [2.05, 4.69) is 22.4 Å². The van der Waals surface area contributed by atoms with Gasteiger partial charge in [0.2, 0.25) is 0 Å². The highest BCUT2D eigenvalue weighted by Crippen LogP contribution is 2.20. The Morgan fingerprint density at radius 1 is 1.11 bits per heavy atom. The van der Waals surface area contributed by atoms with Crippen molar-refractivity contribution in [2.24, 2.45) is 0 Å². The normalized spacial score (nSPS) is 10.3. The van der Waals surface area contributed by atoms with Gasteiger partial charge in [0.05, 0.1) is 7.11 Å². The van der Waals surface area contributed by atoms with Crippen molar-refractivity contribution in [3.63, 3.8) is 0 Å². The maximum absolute atomic E-state index is 5.27. The van der Waals surface area contributed by atoms with Gasteiger partial charge in [-0.1, -0.05) is 6.07 Å². The molecule has 0 saturated carbocycles. The topological polar surface area (TPSA) is 34.1 Å². The zero-order valence-corrected chi connectivity index (χ0v) is 10.8. The second kappa shape index (κ2) is 6.17. The predicted molar refractivity (Wildman–Crippen MR) is 72.8 cm³/mol. The Labute approximate surface area is 108 Å². The third-order valence-corrected chi connectivity index (χ3v) is 2.92. The molecule has 94 valence electrons. The zero-order chi connectivity index (χ0) is 12.8. The quantitative estimate of drug-likeness (QED) is 0.874. The Morgan fingerprint density at radius 2 is 1.89 bits per heavy atom. The van der Waals surface area contributed by atoms with Crippen molar-refractivity contribution in [1.82, 2.24) is 10.3 Å². The predicted octanol–water partition coefficient (Wildman–Crippen LogP) is 2.40. The number of hydrogen-bond donors (Lipinski definition) is 1. The summed E-state index contributed by atoms with van der Waals surface area (Å²) in [5.74, 6) is 0.902. The molecule has 0 radical (unpaired) electrons. The maximum Gasteiger partial charge on any atom is 0.119 e. The Morgan fingerprint density at radius 3 is 2.56 bits per heavy atom. The summed E-state index contributed by atoms with van der Waals surface area (Å²) < 4.78 is 5.27. The molecule has 0 aliphatic rings. The highest BCUT2D eigenvalue weighted by molar-refractivity contribution is 5.38. The number of methoxy groups -OCH3 is 1. The molecule has 0 fully saturated rings. The summed E-state index contributed by atoms with van der Waals surface area (Å²) in [6.07, 6.45) is 4.58. The number of nitrogens with one attached hydrogen (secondary N) is 1. The number of nitrogens with zero attached hydrogens (tertiary/aromatic N) is 1. The van der Waals surface area contributed by atoms with Gasteiger partial charge in [-0.25, -0.2) is 0 Å². The third kappa shape index (κ3) is 3.08. The Hall–Kier alpha value is -1.87. The summed E-state index contributed by atoms with van der Waals surface area (Å²) in [5.41, 5.74) is 3.86. The van der Waals surface area contributed by atoms with E-state index in [-0.39, 0.29) is 0 Å². The lowest BCUT2D eigenvalue weighted by atomic mass is 10.00. The molecular formula is C15H18N2O. The number of ether oxygens (including phenoxy) is 1. The average molecular weight is 242 g/mol. The number of aromatic nitrogens is 1. The molecule has 0 aliphatic heterocycles.